The fraction of sp³-hybridized carbons (Fsp3) is 0.423. The number of rotatable bonds is 8. The molecule has 2 aromatic carbocycles. The Hall–Kier alpha value is -3.54. The molecule has 2 rings (SSSR count). The van der Waals surface area contributed by atoms with E-state index >= 15 is 0 Å². The number of hydrogen-bond donors (Lipinski definition) is 5. The van der Waals surface area contributed by atoms with Crippen molar-refractivity contribution in [1.29, 1.82) is 0 Å². The average molecular weight is 554 g/mol. The van der Waals surface area contributed by atoms with E-state index in [0.717, 1.165) is 12.1 Å². The smallest absolute Gasteiger partial charge is 0.416 e. The van der Waals surface area contributed by atoms with Gasteiger partial charge < -0.3 is 31.7 Å². The van der Waals surface area contributed by atoms with E-state index in [-0.39, 0.29) is 36.3 Å². The Morgan fingerprint density at radius 3 is 2.26 bits per heavy atom. The molecule has 0 saturated carbocycles. The van der Waals surface area contributed by atoms with Crippen LogP contribution < -0.4 is 27.0 Å². The van der Waals surface area contributed by atoms with Gasteiger partial charge in [-0.05, 0) is 68.7 Å². The van der Waals surface area contributed by atoms with E-state index in [4.69, 9.17) is 22.7 Å². The van der Waals surface area contributed by atoms with Gasteiger partial charge in [-0.3, -0.25) is 4.79 Å². The fourth-order valence-electron chi connectivity index (χ4n) is 3.50. The second kappa shape index (κ2) is 12.3. The van der Waals surface area contributed by atoms with Crippen LogP contribution in [0.25, 0.3) is 0 Å². The zero-order valence-corrected chi connectivity index (χ0v) is 22.8. The third-order valence-corrected chi connectivity index (χ3v) is 6.08. The van der Waals surface area contributed by atoms with E-state index < -0.39 is 28.7 Å². The summed E-state index contributed by atoms with van der Waals surface area (Å²) in [6.07, 6.45) is -4.33. The van der Waals surface area contributed by atoms with E-state index in [1.807, 2.05) is 0 Å². The van der Waals surface area contributed by atoms with Crippen molar-refractivity contribution in [3.05, 3.63) is 59.2 Å². The van der Waals surface area contributed by atoms with Crippen molar-refractivity contribution in [3.63, 3.8) is 0 Å². The van der Waals surface area contributed by atoms with Crippen molar-refractivity contribution >= 4 is 40.7 Å². The molecule has 6 N–H and O–H groups in total. The highest BCUT2D eigenvalue weighted by atomic mass is 32.1. The third kappa shape index (κ3) is 7.98. The summed E-state index contributed by atoms with van der Waals surface area (Å²) in [4.78, 5) is 24.1. The molecule has 2 amide bonds. The van der Waals surface area contributed by atoms with Gasteiger partial charge in [-0.15, -0.1) is 0 Å². The number of carbonyl (C=O) groups is 2. The molecule has 0 fully saturated rings. The zero-order chi connectivity index (χ0) is 28.7. The average Bonchev–Trinajstić information content (AvgIpc) is 2.85. The van der Waals surface area contributed by atoms with Crippen molar-refractivity contribution in [2.24, 2.45) is 5.41 Å². The molecule has 0 aliphatic carbocycles. The van der Waals surface area contributed by atoms with Crippen LogP contribution in [0.15, 0.2) is 42.5 Å². The van der Waals surface area contributed by atoms with Gasteiger partial charge in [0.05, 0.1) is 27.9 Å². The van der Waals surface area contributed by atoms with E-state index in [1.54, 1.807) is 45.9 Å². The van der Waals surface area contributed by atoms with Gasteiger partial charge in [0.1, 0.15) is 6.61 Å². The van der Waals surface area contributed by atoms with Gasteiger partial charge in [-0.25, -0.2) is 4.79 Å². The second-order valence-electron chi connectivity index (χ2n) is 9.73. The summed E-state index contributed by atoms with van der Waals surface area (Å²) in [6.45, 7) is 6.69. The highest BCUT2D eigenvalue weighted by molar-refractivity contribution is 7.80. The van der Waals surface area contributed by atoms with Crippen LogP contribution in [0.3, 0.4) is 0 Å². The summed E-state index contributed by atoms with van der Waals surface area (Å²) in [5.41, 5.74) is 4.96. The lowest BCUT2D eigenvalue weighted by molar-refractivity contribution is -0.155. The molecule has 1 unspecified atom stereocenters. The maximum atomic E-state index is 13.5. The number of esters is 1. The Morgan fingerprint density at radius 1 is 1.05 bits per heavy atom. The number of carbonyl (C=O) groups excluding carboxylic acids is 2. The Balaban J connectivity index is 2.39. The number of alkyl halides is 3. The molecule has 208 valence electrons. The molecule has 0 bridgehead atoms. The molecule has 0 aliphatic rings. The first kappa shape index (κ1) is 30.7. The molecule has 2 aromatic rings. The summed E-state index contributed by atoms with van der Waals surface area (Å²) in [7, 11) is 1.49. The fourth-order valence-corrected chi connectivity index (χ4v) is 3.80. The Bertz CT molecular complexity index is 1170. The standard InChI is InChI=1S/C26H34F3N5O3S/c1-6-25(15-37-21(35)24(2,3)4,17-10-8-11-18(13-17)26(27,28)29)34-23(38)33-19-12-7-9-16(20(19)30)14-32-22(36)31-5/h7-13H,6,14-15,30H2,1-5H3,(H2,31,32,36)(H2,33,34,38). The number of thiocarbonyl (C=S) groups is 1. The Labute approximate surface area is 225 Å². The zero-order valence-electron chi connectivity index (χ0n) is 22.0. The predicted octanol–water partition coefficient (Wildman–Crippen LogP) is 4.90. The van der Waals surface area contributed by atoms with E-state index in [0.29, 0.717) is 16.9 Å². The van der Waals surface area contributed by atoms with Gasteiger partial charge in [-0.2, -0.15) is 13.2 Å². The number of hydrogen-bond acceptors (Lipinski definition) is 5. The van der Waals surface area contributed by atoms with Crippen LogP contribution >= 0.6 is 12.2 Å². The van der Waals surface area contributed by atoms with E-state index in [2.05, 4.69) is 21.3 Å². The van der Waals surface area contributed by atoms with Crippen molar-refractivity contribution in [3.8, 4) is 0 Å². The first-order valence-electron chi connectivity index (χ1n) is 11.9. The largest absolute Gasteiger partial charge is 0.462 e. The van der Waals surface area contributed by atoms with Crippen LogP contribution in [0.1, 0.15) is 50.8 Å². The Morgan fingerprint density at radius 2 is 1.68 bits per heavy atom. The van der Waals surface area contributed by atoms with Gasteiger partial charge in [0.15, 0.2) is 5.11 Å². The molecule has 0 heterocycles. The van der Waals surface area contributed by atoms with Crippen molar-refractivity contribution in [1.82, 2.24) is 16.0 Å². The lowest BCUT2D eigenvalue weighted by Gasteiger charge is -2.36. The van der Waals surface area contributed by atoms with Crippen molar-refractivity contribution in [2.75, 3.05) is 24.7 Å². The number of nitrogens with one attached hydrogen (secondary N) is 4. The summed E-state index contributed by atoms with van der Waals surface area (Å²) in [5.74, 6) is -0.511. The van der Waals surface area contributed by atoms with Crippen LogP contribution in [0.2, 0.25) is 0 Å². The highest BCUT2D eigenvalue weighted by Crippen LogP contribution is 2.34. The van der Waals surface area contributed by atoms with Crippen LogP contribution in [0.4, 0.5) is 29.3 Å². The summed E-state index contributed by atoms with van der Waals surface area (Å²) in [6, 6.07) is 9.56. The monoisotopic (exact) mass is 553 g/mol. The van der Waals surface area contributed by atoms with Crippen LogP contribution in [0.5, 0.6) is 0 Å². The minimum Gasteiger partial charge on any atom is -0.462 e. The molecule has 38 heavy (non-hydrogen) atoms. The number of anilines is 2. The topological polar surface area (TPSA) is 118 Å². The molecule has 8 nitrogen and oxygen atoms in total. The highest BCUT2D eigenvalue weighted by Gasteiger charge is 2.38. The number of ether oxygens (including phenoxy) is 1. The summed E-state index contributed by atoms with van der Waals surface area (Å²) >= 11 is 5.52. The third-order valence-electron chi connectivity index (χ3n) is 5.87. The first-order valence-corrected chi connectivity index (χ1v) is 12.3. The van der Waals surface area contributed by atoms with E-state index in [1.165, 1.54) is 19.2 Å². The predicted molar refractivity (Wildman–Crippen MR) is 145 cm³/mol. The molecule has 0 aliphatic heterocycles. The maximum absolute atomic E-state index is 13.5. The number of nitrogen functional groups attached to an aromatic ring is 1. The molecule has 0 spiro atoms. The summed E-state index contributed by atoms with van der Waals surface area (Å²) in [5, 5.41) is 11.2. The van der Waals surface area contributed by atoms with E-state index in [9.17, 15) is 22.8 Å². The second-order valence-corrected chi connectivity index (χ2v) is 10.1. The quantitative estimate of drug-likeness (QED) is 0.179. The van der Waals surface area contributed by atoms with Gasteiger partial charge in [0.2, 0.25) is 0 Å². The van der Waals surface area contributed by atoms with Gasteiger partial charge in [0.25, 0.3) is 0 Å². The van der Waals surface area contributed by atoms with Gasteiger partial charge in [0, 0.05) is 13.6 Å². The molecular weight excluding hydrogens is 519 g/mol. The molecular formula is C26H34F3N5O3S. The lowest BCUT2D eigenvalue weighted by atomic mass is 9.86. The van der Waals surface area contributed by atoms with Crippen LogP contribution in [-0.2, 0) is 27.8 Å². The SMILES string of the molecule is CCC(COC(=O)C(C)(C)C)(NC(=S)Nc1cccc(CNC(=O)NC)c1N)c1cccc(C(F)(F)F)c1. The van der Waals surface area contributed by atoms with Crippen LogP contribution in [-0.4, -0.2) is 30.8 Å². The molecule has 0 radical (unpaired) electrons. The minimum atomic E-state index is -4.56. The van der Waals surface area contributed by atoms with Crippen molar-refractivity contribution < 1.29 is 27.5 Å². The summed E-state index contributed by atoms with van der Waals surface area (Å²) < 4.78 is 46.1. The number of benzene rings is 2. The maximum Gasteiger partial charge on any atom is 0.416 e. The van der Waals surface area contributed by atoms with Crippen LogP contribution in [0, 0.1) is 5.41 Å². The lowest BCUT2D eigenvalue weighted by Crippen LogP contribution is -2.51. The van der Waals surface area contributed by atoms with Crippen molar-refractivity contribution in [2.45, 2.75) is 52.4 Å². The number of urea groups is 1. The molecule has 0 aromatic heterocycles. The number of amides is 2. The number of para-hydroxylation sites is 1. The Kier molecular flexibility index (Phi) is 9.96. The molecule has 0 saturated heterocycles. The van der Waals surface area contributed by atoms with Gasteiger partial charge in [-0.1, -0.05) is 31.2 Å². The normalized spacial score (nSPS) is 13.2. The number of halogens is 3. The molecule has 1 atom stereocenters. The molecule has 12 heteroatoms. The first-order chi connectivity index (χ1) is 17.6. The minimum absolute atomic E-state index is 0.0548. The van der Waals surface area contributed by atoms with Gasteiger partial charge >= 0.3 is 18.2 Å². The number of nitrogens with two attached hydrogens (primary N) is 1.